The number of hydrogen-bond donors (Lipinski definition) is 1. The molecule has 0 saturated heterocycles. The molecule has 0 aliphatic heterocycles. The predicted octanol–water partition coefficient (Wildman–Crippen LogP) is 3.86. The minimum Gasteiger partial charge on any atom is -0.493 e. The molecule has 8 heteroatoms. The Kier molecular flexibility index (Phi) is 11.0. The molecular weight excluding hydrogens is 444 g/mol. The molecule has 2 amide bonds. The molecule has 0 spiro atoms. The van der Waals surface area contributed by atoms with Crippen LogP contribution in [0.1, 0.15) is 31.4 Å². The van der Waals surface area contributed by atoms with E-state index < -0.39 is 6.04 Å². The quantitative estimate of drug-likeness (QED) is 0.444. The van der Waals surface area contributed by atoms with Crippen molar-refractivity contribution in [3.8, 4) is 11.5 Å². The first kappa shape index (κ1) is 26.5. The van der Waals surface area contributed by atoms with Gasteiger partial charge >= 0.3 is 0 Å². The maximum Gasteiger partial charge on any atom is 0.242 e. The van der Waals surface area contributed by atoms with E-state index in [0.717, 1.165) is 11.1 Å². The van der Waals surface area contributed by atoms with E-state index in [0.29, 0.717) is 42.7 Å². The third-order valence-electron chi connectivity index (χ3n) is 5.21. The van der Waals surface area contributed by atoms with Gasteiger partial charge in [0.25, 0.3) is 0 Å². The maximum atomic E-state index is 13.3. The number of nitrogens with zero attached hydrogens (tertiary/aromatic N) is 1. The van der Waals surface area contributed by atoms with Crippen LogP contribution in [-0.2, 0) is 27.3 Å². The largest absolute Gasteiger partial charge is 0.493 e. The van der Waals surface area contributed by atoms with Gasteiger partial charge in [-0.05, 0) is 55.7 Å². The van der Waals surface area contributed by atoms with Crippen LogP contribution in [-0.4, -0.2) is 56.7 Å². The molecule has 0 radical (unpaired) electrons. The lowest BCUT2D eigenvalue weighted by atomic mass is 10.1. The van der Waals surface area contributed by atoms with Gasteiger partial charge in [-0.25, -0.2) is 0 Å². The molecule has 2 aromatic carbocycles. The van der Waals surface area contributed by atoms with Crippen LogP contribution in [0.25, 0.3) is 0 Å². The average Bonchev–Trinajstić information content (AvgIpc) is 2.82. The van der Waals surface area contributed by atoms with Gasteiger partial charge in [-0.15, -0.1) is 0 Å². The van der Waals surface area contributed by atoms with Gasteiger partial charge in [0.15, 0.2) is 11.5 Å². The molecular formula is C25H33ClN2O5. The molecule has 7 nitrogen and oxygen atoms in total. The van der Waals surface area contributed by atoms with Gasteiger partial charge < -0.3 is 24.4 Å². The zero-order valence-electron chi connectivity index (χ0n) is 19.7. The Morgan fingerprint density at radius 1 is 1.03 bits per heavy atom. The molecule has 0 bridgehead atoms. The number of benzene rings is 2. The zero-order valence-corrected chi connectivity index (χ0v) is 20.5. The number of ether oxygens (including phenoxy) is 3. The van der Waals surface area contributed by atoms with Crippen molar-refractivity contribution in [3.63, 3.8) is 0 Å². The van der Waals surface area contributed by atoms with E-state index >= 15 is 0 Å². The SMILES string of the molecule is CCOCCCNC(=O)C(C)N(Cc1ccc(Cl)cc1)C(=O)Cc1ccc(OC)c(OC)c1. The van der Waals surface area contributed by atoms with Crippen LogP contribution in [0.3, 0.4) is 0 Å². The smallest absolute Gasteiger partial charge is 0.242 e. The molecule has 1 N–H and O–H groups in total. The van der Waals surface area contributed by atoms with Crippen molar-refractivity contribution in [1.29, 1.82) is 0 Å². The van der Waals surface area contributed by atoms with E-state index in [4.69, 9.17) is 25.8 Å². The lowest BCUT2D eigenvalue weighted by Crippen LogP contribution is -2.48. The van der Waals surface area contributed by atoms with Gasteiger partial charge in [-0.3, -0.25) is 9.59 Å². The second kappa shape index (κ2) is 13.7. The first-order valence-electron chi connectivity index (χ1n) is 11.0. The predicted molar refractivity (Wildman–Crippen MR) is 129 cm³/mol. The summed E-state index contributed by atoms with van der Waals surface area (Å²) in [5.74, 6) is 0.758. The second-order valence-electron chi connectivity index (χ2n) is 7.53. The van der Waals surface area contributed by atoms with Gasteiger partial charge in [0.05, 0.1) is 20.6 Å². The van der Waals surface area contributed by atoms with Crippen molar-refractivity contribution >= 4 is 23.4 Å². The summed E-state index contributed by atoms with van der Waals surface area (Å²) in [5.41, 5.74) is 1.65. The maximum absolute atomic E-state index is 13.3. The van der Waals surface area contributed by atoms with Crippen molar-refractivity contribution in [2.45, 2.75) is 39.3 Å². The fourth-order valence-corrected chi connectivity index (χ4v) is 3.44. The fourth-order valence-electron chi connectivity index (χ4n) is 3.31. The highest BCUT2D eigenvalue weighted by molar-refractivity contribution is 6.30. The van der Waals surface area contributed by atoms with E-state index in [1.54, 1.807) is 50.3 Å². The van der Waals surface area contributed by atoms with Crippen molar-refractivity contribution in [2.75, 3.05) is 34.0 Å². The van der Waals surface area contributed by atoms with Crippen LogP contribution >= 0.6 is 11.6 Å². The van der Waals surface area contributed by atoms with Gasteiger partial charge in [-0.1, -0.05) is 29.8 Å². The molecule has 0 saturated carbocycles. The highest BCUT2D eigenvalue weighted by Crippen LogP contribution is 2.28. The highest BCUT2D eigenvalue weighted by atomic mass is 35.5. The molecule has 1 unspecified atom stereocenters. The molecule has 180 valence electrons. The number of nitrogens with one attached hydrogen (secondary N) is 1. The van der Waals surface area contributed by atoms with Crippen LogP contribution in [0.15, 0.2) is 42.5 Å². The molecule has 33 heavy (non-hydrogen) atoms. The number of carbonyl (C=O) groups is 2. The standard InChI is InChI=1S/C25H33ClN2O5/c1-5-33-14-6-13-27-25(30)18(2)28(17-19-7-10-21(26)11-8-19)24(29)16-20-9-12-22(31-3)23(15-20)32-4/h7-12,15,18H,5-6,13-14,16-17H2,1-4H3,(H,27,30). The lowest BCUT2D eigenvalue weighted by Gasteiger charge is -2.29. The lowest BCUT2D eigenvalue weighted by molar-refractivity contribution is -0.140. The number of methoxy groups -OCH3 is 2. The summed E-state index contributed by atoms with van der Waals surface area (Å²) >= 11 is 6.00. The summed E-state index contributed by atoms with van der Waals surface area (Å²) in [6, 6.07) is 11.9. The normalized spacial score (nSPS) is 11.5. The highest BCUT2D eigenvalue weighted by Gasteiger charge is 2.26. The Morgan fingerprint density at radius 2 is 1.70 bits per heavy atom. The summed E-state index contributed by atoms with van der Waals surface area (Å²) in [7, 11) is 3.11. The molecule has 0 aliphatic rings. The van der Waals surface area contributed by atoms with Crippen LogP contribution in [0.5, 0.6) is 11.5 Å². The topological polar surface area (TPSA) is 77.1 Å². The Bertz CT molecular complexity index is 904. The zero-order chi connectivity index (χ0) is 24.2. The summed E-state index contributed by atoms with van der Waals surface area (Å²) in [6.07, 6.45) is 0.832. The first-order chi connectivity index (χ1) is 15.9. The molecule has 2 rings (SSSR count). The number of hydrogen-bond acceptors (Lipinski definition) is 5. The van der Waals surface area contributed by atoms with Crippen LogP contribution in [0, 0.1) is 0 Å². The van der Waals surface area contributed by atoms with Crippen molar-refractivity contribution in [1.82, 2.24) is 10.2 Å². The first-order valence-corrected chi connectivity index (χ1v) is 11.4. The average molecular weight is 477 g/mol. The molecule has 0 aliphatic carbocycles. The van der Waals surface area contributed by atoms with Crippen molar-refractivity contribution in [2.24, 2.45) is 0 Å². The van der Waals surface area contributed by atoms with E-state index in [9.17, 15) is 9.59 Å². The van der Waals surface area contributed by atoms with Gasteiger partial charge in [-0.2, -0.15) is 0 Å². The van der Waals surface area contributed by atoms with Gasteiger partial charge in [0.1, 0.15) is 6.04 Å². The van der Waals surface area contributed by atoms with Gasteiger partial charge in [0, 0.05) is 31.3 Å². The molecule has 1 atom stereocenters. The van der Waals surface area contributed by atoms with Crippen molar-refractivity contribution in [3.05, 3.63) is 58.6 Å². The third kappa shape index (κ3) is 8.26. The summed E-state index contributed by atoms with van der Waals surface area (Å²) in [5, 5.41) is 3.51. The Morgan fingerprint density at radius 3 is 2.33 bits per heavy atom. The summed E-state index contributed by atoms with van der Waals surface area (Å²) in [6.45, 7) is 5.67. The van der Waals surface area contributed by atoms with Crippen LogP contribution in [0.2, 0.25) is 5.02 Å². The molecule has 0 aromatic heterocycles. The number of amides is 2. The Labute approximate surface area is 201 Å². The monoisotopic (exact) mass is 476 g/mol. The van der Waals surface area contributed by atoms with Crippen LogP contribution in [0.4, 0.5) is 0 Å². The van der Waals surface area contributed by atoms with E-state index in [1.807, 2.05) is 25.1 Å². The van der Waals surface area contributed by atoms with E-state index in [2.05, 4.69) is 5.32 Å². The third-order valence-corrected chi connectivity index (χ3v) is 5.46. The van der Waals surface area contributed by atoms with Gasteiger partial charge in [0.2, 0.25) is 11.8 Å². The minimum absolute atomic E-state index is 0.121. The Balaban J connectivity index is 2.16. The van der Waals surface area contributed by atoms with E-state index in [1.165, 1.54) is 0 Å². The summed E-state index contributed by atoms with van der Waals surface area (Å²) < 4.78 is 15.9. The van der Waals surface area contributed by atoms with Crippen LogP contribution < -0.4 is 14.8 Å². The molecule has 0 fully saturated rings. The van der Waals surface area contributed by atoms with E-state index in [-0.39, 0.29) is 24.8 Å². The number of halogens is 1. The fraction of sp³-hybridized carbons (Fsp3) is 0.440. The van der Waals surface area contributed by atoms with Crippen molar-refractivity contribution < 1.29 is 23.8 Å². The number of carbonyl (C=O) groups excluding carboxylic acids is 2. The minimum atomic E-state index is -0.652. The number of rotatable bonds is 13. The molecule has 2 aromatic rings. The molecule has 0 heterocycles. The Hall–Kier alpha value is -2.77. The summed E-state index contributed by atoms with van der Waals surface area (Å²) in [4.78, 5) is 27.7. The second-order valence-corrected chi connectivity index (χ2v) is 7.97.